The monoisotopic (exact) mass is 550 g/mol. The van der Waals surface area contributed by atoms with Crippen molar-refractivity contribution in [3.8, 4) is 0 Å². The average Bonchev–Trinajstić information content (AvgIpc) is 2.70. The Kier molecular flexibility index (Phi) is 7.93. The number of rotatable bonds is 10. The number of hydrogen-bond acceptors (Lipinski definition) is 0. The first kappa shape index (κ1) is 30.8. The van der Waals surface area contributed by atoms with Crippen LogP contribution in [0.25, 0.3) is 0 Å². The van der Waals surface area contributed by atoms with Crippen molar-refractivity contribution in [2.75, 3.05) is 0 Å². The highest BCUT2D eigenvalue weighted by Gasteiger charge is 2.95. The second-order valence-corrected chi connectivity index (χ2v) is 6.99. The highest BCUT2D eigenvalue weighted by atomic mass is 19.4. The van der Waals surface area contributed by atoms with Gasteiger partial charge in [-0.1, -0.05) is 36.4 Å². The molecule has 0 radical (unpaired) electrons. The molecule has 1 rings (SSSR count). The highest BCUT2D eigenvalue weighted by molar-refractivity contribution is 5.19. The molecule has 0 amide bonds. The minimum absolute atomic E-state index is 0.0136. The summed E-state index contributed by atoms with van der Waals surface area (Å²) in [5.74, 6) is -56.3. The van der Waals surface area contributed by atoms with Gasteiger partial charge in [-0.15, -0.1) is 0 Å². The Morgan fingerprint density at radius 1 is 0.486 bits per heavy atom. The van der Waals surface area contributed by atoms with E-state index in [1.165, 1.54) is 30.3 Å². The number of hydrogen-bond donors (Lipinski definition) is 0. The second kappa shape index (κ2) is 9.01. The van der Waals surface area contributed by atoms with Crippen molar-refractivity contribution in [3.05, 3.63) is 48.0 Å². The maximum atomic E-state index is 13.7. The van der Waals surface area contributed by atoms with E-state index in [-0.39, 0.29) is 12.5 Å². The normalized spacial score (nSPS) is 15.7. The van der Waals surface area contributed by atoms with Gasteiger partial charge < -0.3 is 0 Å². The summed E-state index contributed by atoms with van der Waals surface area (Å²) in [6, 6.07) is 7.13. The van der Waals surface area contributed by atoms with Crippen molar-refractivity contribution in [3.63, 3.8) is 0 Å². The topological polar surface area (TPSA) is 0 Å². The first-order valence-electron chi connectivity index (χ1n) is 8.76. The van der Waals surface area contributed by atoms with Crippen LogP contribution in [-0.2, 0) is 6.42 Å². The molecule has 1 aromatic carbocycles. The molecule has 0 saturated carbocycles. The zero-order chi connectivity index (χ0) is 27.9. The lowest BCUT2D eigenvalue weighted by Gasteiger charge is -2.42. The number of aryl methyl sites for hydroxylation is 1. The summed E-state index contributed by atoms with van der Waals surface area (Å²) in [5, 5.41) is 0. The van der Waals surface area contributed by atoms with Gasteiger partial charge in [0.25, 0.3) is 0 Å². The van der Waals surface area contributed by atoms with Crippen LogP contribution in [0.15, 0.2) is 42.5 Å². The van der Waals surface area contributed by atoms with Crippen LogP contribution in [0.4, 0.5) is 74.6 Å². The molecule has 0 saturated heterocycles. The summed E-state index contributed by atoms with van der Waals surface area (Å²) in [6.45, 7) is 0. The molecule has 0 N–H and O–H groups in total. The molecule has 0 spiro atoms. The Morgan fingerprint density at radius 2 is 0.857 bits per heavy atom. The minimum Gasteiger partial charge on any atom is -0.195 e. The van der Waals surface area contributed by atoms with Crippen LogP contribution in [0.5, 0.6) is 0 Å². The van der Waals surface area contributed by atoms with Gasteiger partial charge in [-0.05, 0) is 24.5 Å². The van der Waals surface area contributed by atoms with E-state index in [9.17, 15) is 74.6 Å². The van der Waals surface area contributed by atoms with Crippen molar-refractivity contribution in [1.29, 1.82) is 0 Å². The van der Waals surface area contributed by atoms with Gasteiger partial charge in [0.1, 0.15) is 0 Å². The van der Waals surface area contributed by atoms with E-state index in [0.29, 0.717) is 5.56 Å². The van der Waals surface area contributed by atoms with E-state index in [4.69, 9.17) is 0 Å². The summed E-state index contributed by atoms with van der Waals surface area (Å²) in [4.78, 5) is 0. The van der Waals surface area contributed by atoms with Gasteiger partial charge in [-0.3, -0.25) is 0 Å². The number of alkyl halides is 17. The van der Waals surface area contributed by atoms with E-state index in [1.54, 1.807) is 0 Å². The molecule has 0 aliphatic heterocycles. The van der Waals surface area contributed by atoms with Crippen molar-refractivity contribution < 1.29 is 74.6 Å². The first-order chi connectivity index (χ1) is 15.3. The third-order valence-electron chi connectivity index (χ3n) is 4.52. The van der Waals surface area contributed by atoms with Crippen LogP contribution >= 0.6 is 0 Å². The van der Waals surface area contributed by atoms with Gasteiger partial charge in [0.2, 0.25) is 0 Å². The fourth-order valence-electron chi connectivity index (χ4n) is 2.41. The molecular formula is C18H11F17. The lowest BCUT2D eigenvalue weighted by Crippen LogP contribution is -2.74. The van der Waals surface area contributed by atoms with Gasteiger partial charge in [0.05, 0.1) is 0 Å². The Morgan fingerprint density at radius 3 is 1.26 bits per heavy atom. The van der Waals surface area contributed by atoms with Crippen LogP contribution in [0.2, 0.25) is 0 Å². The molecule has 0 heterocycles. The molecule has 0 aliphatic carbocycles. The number of allylic oxidation sites excluding steroid dienone is 2. The maximum Gasteiger partial charge on any atom is 0.460 e. The Balaban J connectivity index is 3.37. The van der Waals surface area contributed by atoms with E-state index in [1.807, 2.05) is 0 Å². The molecular weight excluding hydrogens is 539 g/mol. The fourth-order valence-corrected chi connectivity index (χ4v) is 2.41. The summed E-state index contributed by atoms with van der Waals surface area (Å²) in [7, 11) is 0. The van der Waals surface area contributed by atoms with Crippen molar-refractivity contribution in [2.24, 2.45) is 0 Å². The van der Waals surface area contributed by atoms with Crippen molar-refractivity contribution in [2.45, 2.75) is 60.5 Å². The minimum atomic E-state index is -8.61. The van der Waals surface area contributed by atoms with Crippen LogP contribution < -0.4 is 0 Å². The smallest absolute Gasteiger partial charge is 0.195 e. The molecule has 0 aromatic heterocycles. The SMILES string of the molecule is FC(F)(F)C(F)(F)C(F)(F)C(F)(F)C(F)(F)C(F)(F)C(F)(F)C(F)(F)/C=C/CCc1ccccc1. The van der Waals surface area contributed by atoms with E-state index < -0.39 is 60.1 Å². The quantitative estimate of drug-likeness (QED) is 0.204. The van der Waals surface area contributed by atoms with E-state index >= 15 is 0 Å². The molecule has 0 unspecified atom stereocenters. The van der Waals surface area contributed by atoms with E-state index in [2.05, 4.69) is 0 Å². The zero-order valence-corrected chi connectivity index (χ0v) is 16.4. The largest absolute Gasteiger partial charge is 0.460 e. The van der Waals surface area contributed by atoms with Crippen LogP contribution in [0, 0.1) is 0 Å². The second-order valence-electron chi connectivity index (χ2n) is 6.99. The Labute approximate surface area is 184 Å². The molecule has 202 valence electrons. The average molecular weight is 550 g/mol. The van der Waals surface area contributed by atoms with Crippen molar-refractivity contribution >= 4 is 0 Å². The molecule has 0 bridgehead atoms. The first-order valence-corrected chi connectivity index (χ1v) is 8.76. The standard InChI is InChI=1S/C18H11F17/c19-11(20,9-5-4-8-10-6-2-1-3-7-10)12(21,22)13(23,24)14(25,26)15(27,28)16(29,30)17(31,32)18(33,34)35/h1-3,5-7,9H,4,8H2/b9-5+. The number of benzene rings is 1. The summed E-state index contributed by atoms with van der Waals surface area (Å²) in [6.07, 6.45) is -9.77. The molecule has 35 heavy (non-hydrogen) atoms. The zero-order valence-electron chi connectivity index (χ0n) is 16.4. The summed E-state index contributed by atoms with van der Waals surface area (Å²) >= 11 is 0. The predicted octanol–water partition coefficient (Wildman–Crippen LogP) is 8.18. The van der Waals surface area contributed by atoms with Crippen LogP contribution in [0.1, 0.15) is 12.0 Å². The third kappa shape index (κ3) is 4.78. The predicted molar refractivity (Wildman–Crippen MR) is 84.6 cm³/mol. The third-order valence-corrected chi connectivity index (χ3v) is 4.52. The van der Waals surface area contributed by atoms with Gasteiger partial charge in [-0.2, -0.15) is 74.6 Å². The summed E-state index contributed by atoms with van der Waals surface area (Å²) < 4.78 is 223. The van der Waals surface area contributed by atoms with Crippen LogP contribution in [-0.4, -0.2) is 47.6 Å². The lowest BCUT2D eigenvalue weighted by molar-refractivity contribution is -0.459. The highest BCUT2D eigenvalue weighted by Crippen LogP contribution is 2.64. The van der Waals surface area contributed by atoms with E-state index in [0.717, 1.165) is 0 Å². The lowest BCUT2D eigenvalue weighted by atomic mass is 9.89. The molecule has 1 aromatic rings. The molecule has 0 fully saturated rings. The van der Waals surface area contributed by atoms with Gasteiger partial charge in [-0.25, -0.2) is 0 Å². The molecule has 0 atom stereocenters. The molecule has 0 nitrogen and oxygen atoms in total. The van der Waals surface area contributed by atoms with Gasteiger partial charge >= 0.3 is 47.6 Å². The van der Waals surface area contributed by atoms with Crippen LogP contribution in [0.3, 0.4) is 0 Å². The Hall–Kier alpha value is -2.23. The molecule has 0 aliphatic rings. The number of halogens is 17. The van der Waals surface area contributed by atoms with Gasteiger partial charge in [0, 0.05) is 0 Å². The Bertz CT molecular complexity index is 880. The summed E-state index contributed by atoms with van der Waals surface area (Å²) in [5.41, 5.74) is 0.372. The van der Waals surface area contributed by atoms with Gasteiger partial charge in [0.15, 0.2) is 0 Å². The molecule has 17 heteroatoms. The van der Waals surface area contributed by atoms with Crippen molar-refractivity contribution in [1.82, 2.24) is 0 Å². The maximum absolute atomic E-state index is 13.7. The fraction of sp³-hybridized carbons (Fsp3) is 0.556.